The molecule has 4 aliphatic heterocycles. The average Bonchev–Trinajstić information content (AvgIpc) is 3.56. The zero-order valence-electron chi connectivity index (χ0n) is 29.6. The van der Waals surface area contributed by atoms with E-state index in [1.165, 1.54) is 34.6 Å². The number of carboxylic acids is 1. The summed E-state index contributed by atoms with van der Waals surface area (Å²) >= 11 is 1.20. The molecule has 0 saturated carbocycles. The van der Waals surface area contributed by atoms with E-state index in [4.69, 9.17) is 15.2 Å². The third kappa shape index (κ3) is 8.59. The first-order valence-electron chi connectivity index (χ1n) is 17.3. The number of halogens is 1. The van der Waals surface area contributed by atoms with Crippen LogP contribution < -0.4 is 31.5 Å². The van der Waals surface area contributed by atoms with Crippen molar-refractivity contribution in [2.24, 2.45) is 5.73 Å². The smallest absolute Gasteiger partial charge is 0.414 e. The van der Waals surface area contributed by atoms with Crippen LogP contribution in [0.5, 0.6) is 0 Å². The number of thioether (sulfide) groups is 1. The number of nitrogens with one attached hydrogen (secondary N) is 3. The molecule has 2 unspecified atom stereocenters. The number of benzene rings is 2. The molecule has 6 rings (SSSR count). The Morgan fingerprint density at radius 3 is 2.45 bits per heavy atom. The molecule has 20 heteroatoms. The van der Waals surface area contributed by atoms with E-state index in [9.17, 15) is 38.7 Å². The van der Waals surface area contributed by atoms with E-state index in [2.05, 4.69) is 16.0 Å². The summed E-state index contributed by atoms with van der Waals surface area (Å²) in [4.78, 5) is 92.4. The molecule has 3 saturated heterocycles. The summed E-state index contributed by atoms with van der Waals surface area (Å²) in [5.41, 5.74) is 7.01. The number of hydrogen-bond acceptors (Lipinski definition) is 12. The zero-order valence-corrected chi connectivity index (χ0v) is 30.4. The van der Waals surface area contributed by atoms with Crippen LogP contribution >= 0.6 is 11.8 Å². The van der Waals surface area contributed by atoms with Crippen molar-refractivity contribution in [1.82, 2.24) is 25.8 Å². The van der Waals surface area contributed by atoms with E-state index in [0.717, 1.165) is 4.90 Å². The molecule has 0 radical (unpaired) electrons. The molecule has 0 spiro atoms. The monoisotopic (exact) mass is 782 g/mol. The van der Waals surface area contributed by atoms with Crippen LogP contribution in [0.2, 0.25) is 0 Å². The molecule has 2 aromatic rings. The molecule has 6 amide bonds. The van der Waals surface area contributed by atoms with Crippen LogP contribution in [0.25, 0.3) is 0 Å². The summed E-state index contributed by atoms with van der Waals surface area (Å²) in [7, 11) is 0. The van der Waals surface area contributed by atoms with E-state index in [0.29, 0.717) is 24.3 Å². The second kappa shape index (κ2) is 16.6. The maximum Gasteiger partial charge on any atom is 0.414 e. The number of aliphatic carboxylic acids is 1. The van der Waals surface area contributed by atoms with Crippen LogP contribution in [0.15, 0.2) is 59.8 Å². The molecule has 292 valence electrons. The highest BCUT2D eigenvalue weighted by Crippen LogP contribution is 2.40. The van der Waals surface area contributed by atoms with E-state index < -0.39 is 78.4 Å². The van der Waals surface area contributed by atoms with Crippen LogP contribution in [0.1, 0.15) is 18.5 Å². The van der Waals surface area contributed by atoms with Gasteiger partial charge in [-0.05, 0) is 23.8 Å². The lowest BCUT2D eigenvalue weighted by Crippen LogP contribution is -2.71. The third-order valence-electron chi connectivity index (χ3n) is 9.42. The Kier molecular flexibility index (Phi) is 11.7. The maximum absolute atomic E-state index is 15.2. The minimum Gasteiger partial charge on any atom is -0.477 e. The minimum absolute atomic E-state index is 0.0954. The number of carbonyl (C=O) groups is 7. The highest BCUT2D eigenvalue weighted by atomic mass is 32.2. The predicted octanol–water partition coefficient (Wildman–Crippen LogP) is 0.100. The van der Waals surface area contributed by atoms with Gasteiger partial charge in [-0.3, -0.25) is 29.0 Å². The van der Waals surface area contributed by atoms with Crippen molar-refractivity contribution in [3.8, 4) is 0 Å². The number of hydrogen-bond donors (Lipinski definition) is 5. The number of amides is 6. The number of carbonyl (C=O) groups excluding carboxylic acids is 6. The standard InChI is InChI=1S/C35H39FN8O10S/c1-19(45)38-14-23-16-43(35(52)54-23)22-7-8-25(24(36)13-22)41-9-11-42(12-10-41)26(46)15-39-34(51)53-17-21-18-55-32-28(31(48)44(32)29(21)33(49)50)40-30(47)27(37)20-5-3-2-4-6-20/h2-8,13,23,27-28,32H,9-12,14-18,37H2,1H3,(H,38,45)(H,39,51)(H,40,47)(H,49,50)/t23?,27?,28-,32-/m1/s1. The van der Waals surface area contributed by atoms with E-state index >= 15 is 4.39 Å². The second-order valence-corrected chi connectivity index (χ2v) is 14.1. The van der Waals surface area contributed by atoms with Crippen LogP contribution in [-0.2, 0) is 33.4 Å². The second-order valence-electron chi connectivity index (χ2n) is 13.0. The fourth-order valence-corrected chi connectivity index (χ4v) is 7.85. The number of piperazine rings is 1. The van der Waals surface area contributed by atoms with Gasteiger partial charge in [-0.2, -0.15) is 0 Å². The van der Waals surface area contributed by atoms with Crippen molar-refractivity contribution in [3.63, 3.8) is 0 Å². The number of rotatable bonds is 12. The summed E-state index contributed by atoms with van der Waals surface area (Å²) in [6.07, 6.45) is -2.19. The van der Waals surface area contributed by atoms with Crippen molar-refractivity contribution in [3.05, 3.63) is 71.2 Å². The normalized spacial score (nSPS) is 21.3. The number of anilines is 2. The van der Waals surface area contributed by atoms with E-state index in [1.807, 2.05) is 0 Å². The SMILES string of the molecule is CC(=O)NCC1CN(c2ccc(N3CCN(C(=O)CNC(=O)OCC4=C(C(=O)O)N5C(=O)[C@@H](NC(=O)C(N)c6ccccc6)[C@H]5SC4)CC3)c(F)c2)C(=O)O1. The lowest BCUT2D eigenvalue weighted by molar-refractivity contribution is -0.151. The molecule has 4 atom stereocenters. The molecular formula is C35H39FN8O10S. The Morgan fingerprint density at radius 1 is 1.05 bits per heavy atom. The first-order chi connectivity index (χ1) is 26.3. The fraction of sp³-hybridized carbons (Fsp3) is 0.400. The molecule has 6 N–H and O–H groups in total. The van der Waals surface area contributed by atoms with Crippen LogP contribution in [0.4, 0.5) is 25.4 Å². The van der Waals surface area contributed by atoms with Gasteiger partial charge in [0.25, 0.3) is 5.91 Å². The lowest BCUT2D eigenvalue weighted by Gasteiger charge is -2.49. The summed E-state index contributed by atoms with van der Waals surface area (Å²) in [5.74, 6) is -3.78. The van der Waals surface area contributed by atoms with Crippen molar-refractivity contribution < 1.29 is 52.5 Å². The van der Waals surface area contributed by atoms with Gasteiger partial charge >= 0.3 is 18.2 Å². The van der Waals surface area contributed by atoms with E-state index in [1.54, 1.807) is 47.4 Å². The number of nitrogens with zero attached hydrogens (tertiary/aromatic N) is 4. The topological polar surface area (TPSA) is 233 Å². The zero-order chi connectivity index (χ0) is 39.4. The van der Waals surface area contributed by atoms with Gasteiger partial charge in [0.1, 0.15) is 48.2 Å². The average molecular weight is 783 g/mol. The predicted molar refractivity (Wildman–Crippen MR) is 194 cm³/mol. The Bertz CT molecular complexity index is 1910. The quantitative estimate of drug-likeness (QED) is 0.180. The number of fused-ring (bicyclic) bond motifs is 1. The molecule has 0 aliphatic carbocycles. The van der Waals surface area contributed by atoms with Gasteiger partial charge in [-0.1, -0.05) is 30.3 Å². The molecule has 0 bridgehead atoms. The Morgan fingerprint density at radius 2 is 1.78 bits per heavy atom. The van der Waals surface area contributed by atoms with Crippen molar-refractivity contribution >= 4 is 64.9 Å². The summed E-state index contributed by atoms with van der Waals surface area (Å²) in [5, 5.41) is 16.8. The molecule has 4 heterocycles. The fourth-order valence-electron chi connectivity index (χ4n) is 6.53. The van der Waals surface area contributed by atoms with Crippen LogP contribution in [0.3, 0.4) is 0 Å². The molecule has 2 aromatic carbocycles. The van der Waals surface area contributed by atoms with E-state index in [-0.39, 0.29) is 54.8 Å². The van der Waals surface area contributed by atoms with Gasteiger partial charge in [0.05, 0.1) is 24.5 Å². The summed E-state index contributed by atoms with van der Waals surface area (Å²) in [6, 6.07) is 10.9. The van der Waals surface area contributed by atoms with Gasteiger partial charge in [-0.25, -0.2) is 18.8 Å². The van der Waals surface area contributed by atoms with Crippen molar-refractivity contribution in [2.45, 2.75) is 30.5 Å². The molecule has 18 nitrogen and oxygen atoms in total. The van der Waals surface area contributed by atoms with Gasteiger partial charge in [0.2, 0.25) is 17.7 Å². The summed E-state index contributed by atoms with van der Waals surface area (Å²) in [6.45, 7) is 1.83. The van der Waals surface area contributed by atoms with Gasteiger partial charge in [-0.15, -0.1) is 11.8 Å². The molecule has 3 fully saturated rings. The van der Waals surface area contributed by atoms with Gasteiger partial charge in [0, 0.05) is 44.4 Å². The molecule has 55 heavy (non-hydrogen) atoms. The van der Waals surface area contributed by atoms with Crippen LogP contribution in [-0.4, -0.2) is 132 Å². The molecule has 0 aromatic heterocycles. The largest absolute Gasteiger partial charge is 0.477 e. The Labute approximate surface area is 318 Å². The van der Waals surface area contributed by atoms with Gasteiger partial charge in [0.15, 0.2) is 0 Å². The van der Waals surface area contributed by atoms with Gasteiger partial charge < -0.3 is 46.1 Å². The first kappa shape index (κ1) is 38.8. The first-order valence-corrected chi connectivity index (χ1v) is 18.3. The Hall–Kier alpha value is -5.89. The molecular weight excluding hydrogens is 743 g/mol. The van der Waals surface area contributed by atoms with Crippen molar-refractivity contribution in [2.75, 3.05) is 68.0 Å². The maximum atomic E-state index is 15.2. The summed E-state index contributed by atoms with van der Waals surface area (Å²) < 4.78 is 25.7. The lowest BCUT2D eigenvalue weighted by atomic mass is 10.0. The van der Waals surface area contributed by atoms with Crippen molar-refractivity contribution in [1.29, 1.82) is 0 Å². The number of alkyl carbamates (subject to hydrolysis) is 1. The molecule has 4 aliphatic rings. The minimum atomic E-state index is -1.40. The Balaban J connectivity index is 0.944. The van der Waals surface area contributed by atoms with Crippen LogP contribution in [0, 0.1) is 5.82 Å². The number of carboxylic acid groups (broad SMARTS) is 1. The highest BCUT2D eigenvalue weighted by Gasteiger charge is 2.54. The third-order valence-corrected chi connectivity index (χ3v) is 10.8. The highest BCUT2D eigenvalue weighted by molar-refractivity contribution is 8.00. The number of β-lactam (4-membered cyclic amide) rings is 1. The number of nitrogens with two attached hydrogens (primary N) is 1. The number of ether oxygens (including phenoxy) is 2. The number of cyclic esters (lactones) is 1.